The number of nitrogens with one attached hydrogen (secondary N) is 1. The minimum absolute atomic E-state index is 0.0166. The maximum absolute atomic E-state index is 13.0. The summed E-state index contributed by atoms with van der Waals surface area (Å²) in [5.74, 6) is -0.653. The normalized spacial score (nSPS) is 20.2. The summed E-state index contributed by atoms with van der Waals surface area (Å²) in [5, 5.41) is 27.2. The van der Waals surface area contributed by atoms with Gasteiger partial charge in [-0.3, -0.25) is 4.79 Å². The Kier molecular flexibility index (Phi) is 3.95. The first-order chi connectivity index (χ1) is 13.2. The second-order valence-corrected chi connectivity index (χ2v) is 7.95. The molecule has 8 nitrogen and oxygen atoms in total. The van der Waals surface area contributed by atoms with Crippen molar-refractivity contribution in [3.8, 4) is 11.5 Å². The number of aromatic hydroxyl groups is 2. The SMILES string of the molecule is COC(=O)c1cnn2c1NC1=C(C(=O)CC(C)(C)C1)C2c1ccc(O)c(O)c1. The van der Waals surface area contributed by atoms with E-state index >= 15 is 0 Å². The Bertz CT molecular complexity index is 1030. The number of carbonyl (C=O) groups is 2. The first-order valence-corrected chi connectivity index (χ1v) is 8.93. The van der Waals surface area contributed by atoms with E-state index in [9.17, 15) is 19.8 Å². The third kappa shape index (κ3) is 2.72. The molecule has 1 atom stereocenters. The van der Waals surface area contributed by atoms with Crippen LogP contribution in [0, 0.1) is 5.41 Å². The molecule has 0 amide bonds. The van der Waals surface area contributed by atoms with Crippen LogP contribution in [0.15, 0.2) is 35.7 Å². The highest BCUT2D eigenvalue weighted by molar-refractivity contribution is 6.01. The maximum Gasteiger partial charge on any atom is 0.343 e. The number of fused-ring (bicyclic) bond motifs is 1. The van der Waals surface area contributed by atoms with Gasteiger partial charge in [0.15, 0.2) is 17.3 Å². The van der Waals surface area contributed by atoms with Gasteiger partial charge in [0.2, 0.25) is 0 Å². The minimum atomic E-state index is -0.625. The van der Waals surface area contributed by atoms with Gasteiger partial charge < -0.3 is 20.3 Å². The highest BCUT2D eigenvalue weighted by Crippen LogP contribution is 2.47. The van der Waals surface area contributed by atoms with E-state index in [1.54, 1.807) is 10.7 Å². The number of methoxy groups -OCH3 is 1. The van der Waals surface area contributed by atoms with E-state index in [1.165, 1.54) is 25.4 Å². The average Bonchev–Trinajstić information content (AvgIpc) is 3.04. The van der Waals surface area contributed by atoms with Crippen LogP contribution < -0.4 is 5.32 Å². The van der Waals surface area contributed by atoms with Crippen LogP contribution in [-0.2, 0) is 9.53 Å². The Morgan fingerprint density at radius 1 is 1.29 bits per heavy atom. The molecule has 0 bridgehead atoms. The van der Waals surface area contributed by atoms with Crippen LogP contribution in [0.2, 0.25) is 0 Å². The van der Waals surface area contributed by atoms with Gasteiger partial charge in [-0.2, -0.15) is 5.10 Å². The van der Waals surface area contributed by atoms with Crippen molar-refractivity contribution < 1.29 is 24.5 Å². The number of esters is 1. The number of anilines is 1. The van der Waals surface area contributed by atoms with E-state index in [1.807, 2.05) is 13.8 Å². The van der Waals surface area contributed by atoms with Crippen LogP contribution in [-0.4, -0.2) is 38.9 Å². The number of aromatic nitrogens is 2. The van der Waals surface area contributed by atoms with Gasteiger partial charge in [0.05, 0.1) is 13.3 Å². The van der Waals surface area contributed by atoms with Gasteiger partial charge in [-0.25, -0.2) is 9.48 Å². The molecule has 4 rings (SSSR count). The molecule has 146 valence electrons. The summed E-state index contributed by atoms with van der Waals surface area (Å²) < 4.78 is 6.39. The predicted molar refractivity (Wildman–Crippen MR) is 100 cm³/mol. The molecule has 0 saturated heterocycles. The van der Waals surface area contributed by atoms with Crippen LogP contribution in [0.25, 0.3) is 0 Å². The van der Waals surface area contributed by atoms with Gasteiger partial charge in [0.1, 0.15) is 17.4 Å². The first kappa shape index (κ1) is 18.1. The van der Waals surface area contributed by atoms with Crippen molar-refractivity contribution in [1.29, 1.82) is 0 Å². The molecule has 0 saturated carbocycles. The van der Waals surface area contributed by atoms with Gasteiger partial charge in [0, 0.05) is 17.7 Å². The zero-order valence-electron chi connectivity index (χ0n) is 15.8. The van der Waals surface area contributed by atoms with Gasteiger partial charge in [-0.1, -0.05) is 19.9 Å². The topological polar surface area (TPSA) is 114 Å². The van der Waals surface area contributed by atoms with Crippen molar-refractivity contribution in [3.63, 3.8) is 0 Å². The molecule has 2 heterocycles. The van der Waals surface area contributed by atoms with E-state index < -0.39 is 12.0 Å². The zero-order chi connectivity index (χ0) is 20.2. The molecule has 1 aliphatic carbocycles. The Hall–Kier alpha value is -3.29. The number of nitrogens with zero attached hydrogens (tertiary/aromatic N) is 2. The molecule has 1 unspecified atom stereocenters. The predicted octanol–water partition coefficient (Wildman–Crippen LogP) is 2.74. The number of ketones is 1. The van der Waals surface area contributed by atoms with Gasteiger partial charge >= 0.3 is 5.97 Å². The zero-order valence-corrected chi connectivity index (χ0v) is 15.8. The van der Waals surface area contributed by atoms with Crippen molar-refractivity contribution in [1.82, 2.24) is 9.78 Å². The molecule has 2 aliphatic rings. The van der Waals surface area contributed by atoms with Crippen molar-refractivity contribution in [2.45, 2.75) is 32.7 Å². The first-order valence-electron chi connectivity index (χ1n) is 8.93. The third-order valence-corrected chi connectivity index (χ3v) is 5.22. The Labute approximate surface area is 161 Å². The monoisotopic (exact) mass is 383 g/mol. The van der Waals surface area contributed by atoms with Crippen molar-refractivity contribution in [2.75, 3.05) is 12.4 Å². The number of hydrogen-bond acceptors (Lipinski definition) is 7. The van der Waals surface area contributed by atoms with E-state index in [-0.39, 0.29) is 28.3 Å². The highest BCUT2D eigenvalue weighted by atomic mass is 16.5. The Morgan fingerprint density at radius 2 is 2.04 bits per heavy atom. The van der Waals surface area contributed by atoms with E-state index in [0.717, 1.165) is 5.70 Å². The fourth-order valence-electron chi connectivity index (χ4n) is 3.99. The van der Waals surface area contributed by atoms with Crippen LogP contribution in [0.3, 0.4) is 0 Å². The number of ether oxygens (including phenoxy) is 1. The number of benzene rings is 1. The lowest BCUT2D eigenvalue weighted by atomic mass is 9.73. The fourth-order valence-corrected chi connectivity index (χ4v) is 3.99. The molecule has 28 heavy (non-hydrogen) atoms. The molecule has 0 fully saturated rings. The smallest absolute Gasteiger partial charge is 0.343 e. The summed E-state index contributed by atoms with van der Waals surface area (Å²) in [6, 6.07) is 3.78. The van der Waals surface area contributed by atoms with E-state index in [4.69, 9.17) is 4.74 Å². The summed E-state index contributed by atoms with van der Waals surface area (Å²) in [7, 11) is 1.29. The summed E-state index contributed by atoms with van der Waals surface area (Å²) in [6.45, 7) is 4.04. The lowest BCUT2D eigenvalue weighted by Gasteiger charge is -2.39. The number of phenolic OH excluding ortho intramolecular Hbond substituents is 2. The lowest BCUT2D eigenvalue weighted by Crippen LogP contribution is -2.36. The number of phenols is 2. The number of hydrogen-bond donors (Lipinski definition) is 3. The quantitative estimate of drug-likeness (QED) is 0.540. The third-order valence-electron chi connectivity index (χ3n) is 5.22. The van der Waals surface area contributed by atoms with Crippen LogP contribution in [0.1, 0.15) is 48.7 Å². The second kappa shape index (κ2) is 6.12. The summed E-state index contributed by atoms with van der Waals surface area (Å²) >= 11 is 0. The van der Waals surface area contributed by atoms with Gasteiger partial charge in [0.25, 0.3) is 0 Å². The second-order valence-electron chi connectivity index (χ2n) is 7.95. The molecule has 1 aromatic carbocycles. The summed E-state index contributed by atoms with van der Waals surface area (Å²) in [4.78, 5) is 25.2. The van der Waals surface area contributed by atoms with Gasteiger partial charge in [-0.05, 0) is 29.5 Å². The lowest BCUT2D eigenvalue weighted by molar-refractivity contribution is -0.118. The molecule has 8 heteroatoms. The number of carbonyl (C=O) groups excluding carboxylic acids is 2. The highest BCUT2D eigenvalue weighted by Gasteiger charge is 2.42. The van der Waals surface area contributed by atoms with Crippen LogP contribution in [0.4, 0.5) is 5.82 Å². The van der Waals surface area contributed by atoms with Crippen LogP contribution >= 0.6 is 0 Å². The number of rotatable bonds is 2. The van der Waals surface area contributed by atoms with Crippen molar-refractivity contribution >= 4 is 17.6 Å². The van der Waals surface area contributed by atoms with E-state index in [2.05, 4.69) is 10.4 Å². The number of Topliss-reactive ketones (excluding diaryl/α,β-unsaturated/α-hetero) is 1. The van der Waals surface area contributed by atoms with Crippen molar-refractivity contribution in [2.24, 2.45) is 5.41 Å². The minimum Gasteiger partial charge on any atom is -0.504 e. The average molecular weight is 383 g/mol. The Morgan fingerprint density at radius 3 is 2.71 bits per heavy atom. The summed E-state index contributed by atoms with van der Waals surface area (Å²) in [6.07, 6.45) is 2.41. The molecule has 1 aliphatic heterocycles. The van der Waals surface area contributed by atoms with Crippen molar-refractivity contribution in [3.05, 3.63) is 46.8 Å². The molecule has 2 aromatic rings. The molecule has 0 spiro atoms. The van der Waals surface area contributed by atoms with Crippen LogP contribution in [0.5, 0.6) is 11.5 Å². The standard InChI is InChI=1S/C20H21N3O5/c1-20(2)7-12-16(15(26)8-20)17(10-4-5-13(24)14(25)6-10)23-18(22-12)11(9-21-23)19(27)28-3/h4-6,9,17,22,24-25H,7-8H2,1-3H3. The number of allylic oxidation sites excluding steroid dienone is 2. The molecule has 1 aromatic heterocycles. The maximum atomic E-state index is 13.0. The largest absolute Gasteiger partial charge is 0.504 e. The Balaban J connectivity index is 1.94. The molecular formula is C20H21N3O5. The van der Waals surface area contributed by atoms with Gasteiger partial charge in [-0.15, -0.1) is 0 Å². The molecule has 3 N–H and O–H groups in total. The van der Waals surface area contributed by atoms with E-state index in [0.29, 0.717) is 29.8 Å². The summed E-state index contributed by atoms with van der Waals surface area (Å²) in [5.41, 5.74) is 1.91. The molecule has 0 radical (unpaired) electrons. The fraction of sp³-hybridized carbons (Fsp3) is 0.350. The molecular weight excluding hydrogens is 362 g/mol.